The van der Waals surface area contributed by atoms with E-state index in [0.29, 0.717) is 24.7 Å². The van der Waals surface area contributed by atoms with Crippen LogP contribution >= 0.6 is 0 Å². The van der Waals surface area contributed by atoms with Crippen LogP contribution in [0, 0.1) is 24.3 Å². The lowest BCUT2D eigenvalue weighted by atomic mass is 10.1. The molecule has 1 aliphatic rings. The molecular formula is C18H21N5O. The number of aryl methyl sites for hydroxylation is 1. The maximum atomic E-state index is 12.3. The second-order valence-corrected chi connectivity index (χ2v) is 6.22. The van der Waals surface area contributed by atoms with Crippen molar-refractivity contribution >= 4 is 5.91 Å². The van der Waals surface area contributed by atoms with E-state index in [0.717, 1.165) is 30.8 Å². The summed E-state index contributed by atoms with van der Waals surface area (Å²) in [6.07, 6.45) is 3.09. The predicted octanol–water partition coefficient (Wildman–Crippen LogP) is 1.77. The van der Waals surface area contributed by atoms with E-state index < -0.39 is 0 Å². The highest BCUT2D eigenvalue weighted by Crippen LogP contribution is 2.14. The van der Waals surface area contributed by atoms with Crippen molar-refractivity contribution in [3.8, 4) is 6.19 Å². The largest absolute Gasteiger partial charge is 0.350 e. The van der Waals surface area contributed by atoms with E-state index in [-0.39, 0.29) is 5.91 Å². The first-order chi connectivity index (χ1) is 11.7. The average Bonchev–Trinajstić information content (AvgIpc) is 3.21. The molecule has 3 rings (SSSR count). The summed E-state index contributed by atoms with van der Waals surface area (Å²) in [4.78, 5) is 14.0. The van der Waals surface area contributed by atoms with E-state index in [1.54, 1.807) is 4.90 Å². The first kappa shape index (κ1) is 16.1. The van der Waals surface area contributed by atoms with Gasteiger partial charge in [-0.3, -0.25) is 9.48 Å². The Morgan fingerprint density at radius 1 is 1.42 bits per heavy atom. The van der Waals surface area contributed by atoms with Gasteiger partial charge in [0.15, 0.2) is 6.19 Å². The van der Waals surface area contributed by atoms with Crippen LogP contribution in [-0.2, 0) is 6.54 Å². The molecule has 0 aliphatic carbocycles. The second-order valence-electron chi connectivity index (χ2n) is 6.22. The molecule has 124 valence electrons. The van der Waals surface area contributed by atoms with Crippen molar-refractivity contribution in [2.75, 3.05) is 19.6 Å². The van der Waals surface area contributed by atoms with E-state index in [1.165, 1.54) is 0 Å². The number of aromatic nitrogens is 2. The van der Waals surface area contributed by atoms with Crippen LogP contribution in [0.1, 0.15) is 28.2 Å². The topological polar surface area (TPSA) is 74.0 Å². The van der Waals surface area contributed by atoms with Crippen LogP contribution in [-0.4, -0.2) is 40.2 Å². The van der Waals surface area contributed by atoms with Crippen LogP contribution in [0.25, 0.3) is 0 Å². The highest BCUT2D eigenvalue weighted by Gasteiger charge is 2.22. The molecule has 0 radical (unpaired) electrons. The molecule has 1 unspecified atom stereocenters. The molecule has 1 N–H and O–H groups in total. The van der Waals surface area contributed by atoms with E-state index in [1.807, 2.05) is 48.0 Å². The third-order valence-corrected chi connectivity index (χ3v) is 4.37. The van der Waals surface area contributed by atoms with Crippen LogP contribution < -0.4 is 5.32 Å². The highest BCUT2D eigenvalue weighted by atomic mass is 16.1. The molecule has 2 aromatic rings. The SMILES string of the molecule is Cc1cc(C(=O)NCC2CCN(C#N)C2)nn1Cc1ccccc1. The number of amides is 1. The third kappa shape index (κ3) is 3.74. The molecule has 1 fully saturated rings. The number of nitrogens with zero attached hydrogens (tertiary/aromatic N) is 4. The van der Waals surface area contributed by atoms with Crippen molar-refractivity contribution in [2.24, 2.45) is 5.92 Å². The van der Waals surface area contributed by atoms with Gasteiger partial charge in [-0.05, 0) is 30.9 Å². The fourth-order valence-electron chi connectivity index (χ4n) is 2.96. The van der Waals surface area contributed by atoms with E-state index in [9.17, 15) is 4.79 Å². The maximum absolute atomic E-state index is 12.3. The minimum absolute atomic E-state index is 0.152. The molecule has 0 spiro atoms. The molecule has 6 nitrogen and oxygen atoms in total. The number of hydrogen-bond acceptors (Lipinski definition) is 4. The first-order valence-electron chi connectivity index (χ1n) is 8.17. The number of nitriles is 1. The zero-order valence-corrected chi connectivity index (χ0v) is 13.8. The Labute approximate surface area is 141 Å². The molecule has 24 heavy (non-hydrogen) atoms. The fraction of sp³-hybridized carbons (Fsp3) is 0.389. The van der Waals surface area contributed by atoms with Gasteiger partial charge in [-0.25, -0.2) is 0 Å². The summed E-state index contributed by atoms with van der Waals surface area (Å²) in [7, 11) is 0. The van der Waals surface area contributed by atoms with Gasteiger partial charge >= 0.3 is 0 Å². The highest BCUT2D eigenvalue weighted by molar-refractivity contribution is 5.92. The average molecular weight is 323 g/mol. The van der Waals surface area contributed by atoms with Gasteiger partial charge < -0.3 is 10.2 Å². The number of carbonyl (C=O) groups is 1. The lowest BCUT2D eigenvalue weighted by molar-refractivity contribution is 0.0942. The molecule has 1 amide bonds. The van der Waals surface area contributed by atoms with Gasteiger partial charge in [0, 0.05) is 25.3 Å². The summed E-state index contributed by atoms with van der Waals surface area (Å²) in [6, 6.07) is 11.9. The second kappa shape index (κ2) is 7.18. The van der Waals surface area contributed by atoms with Crippen LogP contribution in [0.3, 0.4) is 0 Å². The maximum Gasteiger partial charge on any atom is 0.271 e. The summed E-state index contributed by atoms with van der Waals surface area (Å²) >= 11 is 0. The summed E-state index contributed by atoms with van der Waals surface area (Å²) < 4.78 is 1.84. The minimum atomic E-state index is -0.152. The molecule has 0 saturated carbocycles. The monoisotopic (exact) mass is 323 g/mol. The first-order valence-corrected chi connectivity index (χ1v) is 8.17. The molecule has 1 aromatic heterocycles. The fourth-order valence-corrected chi connectivity index (χ4v) is 2.96. The molecule has 2 heterocycles. The van der Waals surface area contributed by atoms with Crippen molar-refractivity contribution in [1.82, 2.24) is 20.0 Å². The normalized spacial score (nSPS) is 16.8. The smallest absolute Gasteiger partial charge is 0.271 e. The molecule has 1 aliphatic heterocycles. The molecule has 1 atom stereocenters. The Hall–Kier alpha value is -2.81. The van der Waals surface area contributed by atoms with Crippen molar-refractivity contribution in [2.45, 2.75) is 19.9 Å². The van der Waals surface area contributed by atoms with Crippen molar-refractivity contribution < 1.29 is 4.79 Å². The number of hydrogen-bond donors (Lipinski definition) is 1. The van der Waals surface area contributed by atoms with Gasteiger partial charge in [0.25, 0.3) is 5.91 Å². The van der Waals surface area contributed by atoms with Gasteiger partial charge in [0.05, 0.1) is 6.54 Å². The Balaban J connectivity index is 1.58. The van der Waals surface area contributed by atoms with E-state index in [4.69, 9.17) is 5.26 Å². The van der Waals surface area contributed by atoms with E-state index >= 15 is 0 Å². The lowest BCUT2D eigenvalue weighted by Crippen LogP contribution is -2.30. The Morgan fingerprint density at radius 3 is 2.92 bits per heavy atom. The quantitative estimate of drug-likeness (QED) is 0.851. The van der Waals surface area contributed by atoms with Gasteiger partial charge in [0.1, 0.15) is 5.69 Å². The number of likely N-dealkylation sites (tertiary alicyclic amines) is 1. The van der Waals surface area contributed by atoms with Gasteiger partial charge in [-0.2, -0.15) is 10.4 Å². The summed E-state index contributed by atoms with van der Waals surface area (Å²) in [5.41, 5.74) is 2.55. The Morgan fingerprint density at radius 2 is 2.21 bits per heavy atom. The van der Waals surface area contributed by atoms with Crippen molar-refractivity contribution in [1.29, 1.82) is 5.26 Å². The minimum Gasteiger partial charge on any atom is -0.350 e. The zero-order valence-electron chi connectivity index (χ0n) is 13.8. The Bertz CT molecular complexity index is 747. The number of carbonyl (C=O) groups excluding carboxylic acids is 1. The molecule has 6 heteroatoms. The van der Waals surface area contributed by atoms with E-state index in [2.05, 4.69) is 16.6 Å². The van der Waals surface area contributed by atoms with Crippen LogP contribution in [0.2, 0.25) is 0 Å². The standard InChI is InChI=1S/C18H21N5O/c1-14-9-17(21-23(14)12-15-5-3-2-4-6-15)18(24)20-10-16-7-8-22(11-16)13-19/h2-6,9,16H,7-8,10-12H2,1H3,(H,20,24). The van der Waals surface area contributed by atoms with Crippen LogP contribution in [0.4, 0.5) is 0 Å². The number of nitrogens with one attached hydrogen (secondary N) is 1. The van der Waals surface area contributed by atoms with Crippen LogP contribution in [0.15, 0.2) is 36.4 Å². The molecule has 1 aromatic carbocycles. The third-order valence-electron chi connectivity index (χ3n) is 4.37. The summed E-state index contributed by atoms with van der Waals surface area (Å²) in [5.74, 6) is 0.182. The van der Waals surface area contributed by atoms with Crippen LogP contribution in [0.5, 0.6) is 0 Å². The Kier molecular flexibility index (Phi) is 4.80. The van der Waals surface area contributed by atoms with Crippen molar-refractivity contribution in [3.05, 3.63) is 53.3 Å². The molecule has 0 bridgehead atoms. The number of rotatable bonds is 5. The lowest BCUT2D eigenvalue weighted by Gasteiger charge is -2.10. The zero-order chi connectivity index (χ0) is 16.9. The number of benzene rings is 1. The van der Waals surface area contributed by atoms with Gasteiger partial charge in [0.2, 0.25) is 0 Å². The van der Waals surface area contributed by atoms with Crippen molar-refractivity contribution in [3.63, 3.8) is 0 Å². The van der Waals surface area contributed by atoms with Gasteiger partial charge in [-0.15, -0.1) is 0 Å². The predicted molar refractivity (Wildman–Crippen MR) is 90.1 cm³/mol. The molecule has 1 saturated heterocycles. The molecular weight excluding hydrogens is 302 g/mol. The summed E-state index contributed by atoms with van der Waals surface area (Å²) in [5, 5.41) is 16.2. The van der Waals surface area contributed by atoms with Gasteiger partial charge in [-0.1, -0.05) is 30.3 Å². The summed E-state index contributed by atoms with van der Waals surface area (Å²) in [6.45, 7) is 4.69.